The summed E-state index contributed by atoms with van der Waals surface area (Å²) in [6, 6.07) is 12.5. The molecule has 0 spiro atoms. The van der Waals surface area contributed by atoms with Crippen molar-refractivity contribution in [2.24, 2.45) is 10.9 Å². The second-order valence-corrected chi connectivity index (χ2v) is 9.83. The molecule has 1 saturated carbocycles. The summed E-state index contributed by atoms with van der Waals surface area (Å²) in [6.45, 7) is 5.80. The lowest BCUT2D eigenvalue weighted by Crippen LogP contribution is -2.51. The molecule has 1 atom stereocenters. The lowest BCUT2D eigenvalue weighted by Gasteiger charge is -2.40. The Morgan fingerprint density at radius 1 is 1.09 bits per heavy atom. The zero-order chi connectivity index (χ0) is 24.1. The van der Waals surface area contributed by atoms with Gasteiger partial charge in [-0.2, -0.15) is 0 Å². The van der Waals surface area contributed by atoms with E-state index in [0.29, 0.717) is 11.6 Å². The van der Waals surface area contributed by atoms with Gasteiger partial charge in [-0.25, -0.2) is 14.4 Å². The van der Waals surface area contributed by atoms with E-state index in [1.165, 1.54) is 25.0 Å². The summed E-state index contributed by atoms with van der Waals surface area (Å²) >= 11 is 0. The van der Waals surface area contributed by atoms with Crippen LogP contribution in [0.5, 0.6) is 0 Å². The van der Waals surface area contributed by atoms with Crippen molar-refractivity contribution in [2.75, 3.05) is 13.1 Å². The smallest absolute Gasteiger partial charge is 0.279 e. The van der Waals surface area contributed by atoms with Gasteiger partial charge in [0.2, 0.25) is 5.96 Å². The Morgan fingerprint density at radius 3 is 2.57 bits per heavy atom. The Hall–Kier alpha value is -3.74. The van der Waals surface area contributed by atoms with Gasteiger partial charge in [0.1, 0.15) is 11.5 Å². The molecule has 0 unspecified atom stereocenters. The molecular weight excluding hydrogens is 441 g/mol. The number of amides is 1. The van der Waals surface area contributed by atoms with E-state index in [1.807, 2.05) is 47.1 Å². The highest BCUT2D eigenvalue weighted by atomic mass is 19.1. The number of carbonyl (C=O) groups excluding carboxylic acids is 1. The molecule has 178 valence electrons. The summed E-state index contributed by atoms with van der Waals surface area (Å²) in [5.74, 6) is 1.05. The Bertz CT molecular complexity index is 1350. The number of fused-ring (bicyclic) bond motifs is 1. The number of imidazole rings is 1. The van der Waals surface area contributed by atoms with Crippen LogP contribution in [0.15, 0.2) is 65.7 Å². The monoisotopic (exact) mass is 469 g/mol. The summed E-state index contributed by atoms with van der Waals surface area (Å²) < 4.78 is 15.6. The molecule has 7 heteroatoms. The summed E-state index contributed by atoms with van der Waals surface area (Å²) in [4.78, 5) is 26.9. The van der Waals surface area contributed by atoms with Crippen LogP contribution in [0.3, 0.4) is 0 Å². The van der Waals surface area contributed by atoms with Crippen LogP contribution in [-0.4, -0.2) is 44.3 Å². The normalized spacial score (nSPS) is 21.0. The van der Waals surface area contributed by atoms with Crippen molar-refractivity contribution in [3.05, 3.63) is 88.9 Å². The second kappa shape index (κ2) is 8.48. The number of aromatic nitrogens is 2. The largest absolute Gasteiger partial charge is 0.342 e. The number of benzene rings is 2. The predicted molar refractivity (Wildman–Crippen MR) is 133 cm³/mol. The first-order valence-electron chi connectivity index (χ1n) is 12.2. The van der Waals surface area contributed by atoms with Crippen LogP contribution < -0.4 is 0 Å². The minimum absolute atomic E-state index is 0.0956. The Kier molecular flexibility index (Phi) is 5.28. The molecule has 0 radical (unpaired) electrons. The molecule has 3 aliphatic rings. The van der Waals surface area contributed by atoms with Crippen LogP contribution in [0.25, 0.3) is 11.8 Å². The number of nitrogens with zero attached hydrogens (tertiary/aromatic N) is 5. The number of hydrogen-bond donors (Lipinski definition) is 0. The van der Waals surface area contributed by atoms with Crippen LogP contribution >= 0.6 is 0 Å². The minimum atomic E-state index is -0.271. The first-order chi connectivity index (χ1) is 17.0. The van der Waals surface area contributed by atoms with Crippen molar-refractivity contribution in [3.8, 4) is 5.69 Å². The van der Waals surface area contributed by atoms with Gasteiger partial charge >= 0.3 is 0 Å². The highest BCUT2D eigenvalue weighted by Crippen LogP contribution is 2.38. The van der Waals surface area contributed by atoms with E-state index in [2.05, 4.69) is 22.9 Å². The Morgan fingerprint density at radius 2 is 1.89 bits per heavy atom. The van der Waals surface area contributed by atoms with Gasteiger partial charge in [-0.3, -0.25) is 9.69 Å². The molecular formula is C28H28FN5O. The van der Waals surface area contributed by atoms with Crippen molar-refractivity contribution >= 4 is 17.9 Å². The quantitative estimate of drug-likeness (QED) is 0.493. The average Bonchev–Trinajstić information content (AvgIpc) is 3.47. The van der Waals surface area contributed by atoms with Gasteiger partial charge < -0.3 is 9.47 Å². The maximum Gasteiger partial charge on any atom is 0.279 e. The van der Waals surface area contributed by atoms with E-state index in [-0.39, 0.29) is 17.8 Å². The fourth-order valence-electron chi connectivity index (χ4n) is 5.08. The molecule has 0 N–H and O–H groups in total. The minimum Gasteiger partial charge on any atom is -0.342 e. The van der Waals surface area contributed by atoms with Gasteiger partial charge in [-0.1, -0.05) is 18.2 Å². The molecule has 0 bridgehead atoms. The molecule has 1 amide bonds. The maximum absolute atomic E-state index is 13.6. The summed E-state index contributed by atoms with van der Waals surface area (Å²) in [5, 5.41) is 0. The highest BCUT2D eigenvalue weighted by molar-refractivity contribution is 6.14. The lowest BCUT2D eigenvalue weighted by molar-refractivity contribution is -0.125. The number of halogens is 1. The predicted octanol–water partition coefficient (Wildman–Crippen LogP) is 5.02. The third-order valence-corrected chi connectivity index (χ3v) is 7.09. The topological polar surface area (TPSA) is 53.7 Å². The summed E-state index contributed by atoms with van der Waals surface area (Å²) in [6.07, 6.45) is 8.96. The number of hydrogen-bond acceptors (Lipinski definition) is 4. The fourth-order valence-corrected chi connectivity index (χ4v) is 5.08. The van der Waals surface area contributed by atoms with Crippen molar-refractivity contribution in [1.29, 1.82) is 0 Å². The molecule has 2 aromatic carbocycles. The van der Waals surface area contributed by atoms with E-state index in [1.54, 1.807) is 12.1 Å². The van der Waals surface area contributed by atoms with E-state index >= 15 is 0 Å². The summed E-state index contributed by atoms with van der Waals surface area (Å²) in [7, 11) is 0. The third-order valence-electron chi connectivity index (χ3n) is 7.09. The molecule has 1 saturated heterocycles. The third kappa shape index (κ3) is 4.16. The molecule has 1 aromatic heterocycles. The molecule has 6 rings (SSSR count). The van der Waals surface area contributed by atoms with Crippen LogP contribution in [0.2, 0.25) is 0 Å². The molecule has 2 aliphatic heterocycles. The van der Waals surface area contributed by atoms with Crippen molar-refractivity contribution in [2.45, 2.75) is 39.2 Å². The zero-order valence-corrected chi connectivity index (χ0v) is 20.0. The van der Waals surface area contributed by atoms with Gasteiger partial charge in [0, 0.05) is 25.0 Å². The molecule has 1 aliphatic carbocycles. The molecule has 6 nitrogen and oxygen atoms in total. The van der Waals surface area contributed by atoms with Crippen LogP contribution in [-0.2, 0) is 4.79 Å². The van der Waals surface area contributed by atoms with Gasteiger partial charge in [-0.05, 0) is 86.1 Å². The van der Waals surface area contributed by atoms with Crippen molar-refractivity contribution in [3.63, 3.8) is 0 Å². The highest BCUT2D eigenvalue weighted by Gasteiger charge is 2.43. The molecule has 3 aromatic rings. The van der Waals surface area contributed by atoms with Crippen molar-refractivity contribution < 1.29 is 9.18 Å². The van der Waals surface area contributed by atoms with Gasteiger partial charge in [0.05, 0.1) is 18.1 Å². The van der Waals surface area contributed by atoms with Crippen LogP contribution in [0.4, 0.5) is 4.39 Å². The van der Waals surface area contributed by atoms with E-state index < -0.39 is 0 Å². The van der Waals surface area contributed by atoms with E-state index in [4.69, 9.17) is 4.99 Å². The van der Waals surface area contributed by atoms with E-state index in [9.17, 15) is 9.18 Å². The van der Waals surface area contributed by atoms with Gasteiger partial charge in [-0.15, -0.1) is 0 Å². The number of carbonyl (C=O) groups is 1. The van der Waals surface area contributed by atoms with E-state index in [0.717, 1.165) is 53.5 Å². The zero-order valence-electron chi connectivity index (χ0n) is 20.0. The van der Waals surface area contributed by atoms with Crippen LogP contribution in [0, 0.1) is 25.6 Å². The van der Waals surface area contributed by atoms with Crippen molar-refractivity contribution in [1.82, 2.24) is 19.4 Å². The first kappa shape index (κ1) is 21.8. The SMILES string of the molecule is Cc1cn(-c2ccc(/C=C3\N=C4N(CC5CC5)CC[C@@H](c5ccc(F)cc5)N4C3=O)cc2C)cn1. The summed E-state index contributed by atoms with van der Waals surface area (Å²) in [5.41, 5.74) is 5.43. The molecule has 35 heavy (non-hydrogen) atoms. The number of guanidine groups is 1. The number of rotatable bonds is 5. The molecule has 3 heterocycles. The maximum atomic E-state index is 13.6. The number of aryl methyl sites for hydroxylation is 2. The van der Waals surface area contributed by atoms with Gasteiger partial charge in [0.25, 0.3) is 5.91 Å². The van der Waals surface area contributed by atoms with Crippen LogP contribution in [0.1, 0.15) is 47.7 Å². The Balaban J connectivity index is 1.33. The van der Waals surface area contributed by atoms with Gasteiger partial charge in [0.15, 0.2) is 0 Å². The number of aliphatic imine (C=N–C) groups is 1. The lowest BCUT2D eigenvalue weighted by atomic mass is 9.99. The average molecular weight is 470 g/mol. The second-order valence-electron chi connectivity index (χ2n) is 9.83. The fraction of sp³-hybridized carbons (Fsp3) is 0.321. The Labute approximate surface area is 204 Å². The molecule has 2 fully saturated rings. The first-order valence-corrected chi connectivity index (χ1v) is 12.2. The standard InChI is InChI=1S/C28H28FN5O/c1-18-13-21(5-10-25(18)33-15-19(2)30-17-33)14-24-27(35)34-26(22-6-8-23(29)9-7-22)11-12-32(28(34)31-24)16-20-3-4-20/h5-10,13-15,17,20,26H,3-4,11-12,16H2,1-2H3/b24-14-/t26-/m0/s1.